The summed E-state index contributed by atoms with van der Waals surface area (Å²) in [6, 6.07) is 4.54. The van der Waals surface area contributed by atoms with E-state index < -0.39 is 38.5 Å². The lowest BCUT2D eigenvalue weighted by Gasteiger charge is -2.23. The second kappa shape index (κ2) is 8.41. The van der Waals surface area contributed by atoms with Gasteiger partial charge in [-0.25, -0.2) is 8.42 Å². The highest BCUT2D eigenvalue weighted by atomic mass is 32.2. The van der Waals surface area contributed by atoms with E-state index in [4.69, 9.17) is 0 Å². The quantitative estimate of drug-likeness (QED) is 0.804. The molecule has 0 bridgehead atoms. The van der Waals surface area contributed by atoms with Gasteiger partial charge in [-0.1, -0.05) is 37.5 Å². The molecule has 8 heteroatoms. The van der Waals surface area contributed by atoms with E-state index in [1.165, 1.54) is 25.5 Å². The molecule has 1 fully saturated rings. The lowest BCUT2D eigenvalue weighted by Crippen LogP contribution is -2.40. The van der Waals surface area contributed by atoms with Crippen molar-refractivity contribution in [3.8, 4) is 0 Å². The Kier molecular flexibility index (Phi) is 6.71. The van der Waals surface area contributed by atoms with E-state index in [0.717, 1.165) is 37.8 Å². The lowest BCUT2D eigenvalue weighted by atomic mass is 9.89. The predicted molar refractivity (Wildman–Crippen MR) is 93.1 cm³/mol. The minimum Gasteiger partial charge on any atom is -0.355 e. The number of rotatable bonds is 6. The van der Waals surface area contributed by atoms with Gasteiger partial charge in [0, 0.05) is 6.54 Å². The monoisotopic (exact) mass is 391 g/mol. The fourth-order valence-corrected chi connectivity index (χ4v) is 4.55. The van der Waals surface area contributed by atoms with Crippen molar-refractivity contribution >= 4 is 15.7 Å². The van der Waals surface area contributed by atoms with Gasteiger partial charge in [-0.3, -0.25) is 4.79 Å². The summed E-state index contributed by atoms with van der Waals surface area (Å²) in [5, 5.41) is 1.25. The highest BCUT2D eigenvalue weighted by Gasteiger charge is 2.36. The number of sulfone groups is 1. The fraction of sp³-hybridized carbons (Fsp3) is 0.611. The molecule has 0 radical (unpaired) electrons. The predicted octanol–water partition coefficient (Wildman–Crippen LogP) is 3.71. The Morgan fingerprint density at radius 1 is 1.19 bits per heavy atom. The molecule has 26 heavy (non-hydrogen) atoms. The van der Waals surface area contributed by atoms with Gasteiger partial charge in [0.05, 0.1) is 11.3 Å². The molecule has 4 nitrogen and oxygen atoms in total. The molecule has 1 aliphatic rings. The molecule has 1 aliphatic carbocycles. The molecule has 1 amide bonds. The number of carbonyl (C=O) groups excluding carboxylic acids is 1. The third-order valence-corrected chi connectivity index (χ3v) is 6.88. The Hall–Kier alpha value is -1.57. The zero-order chi connectivity index (χ0) is 19.4. The largest absolute Gasteiger partial charge is 0.416 e. The molecule has 1 atom stereocenters. The first-order chi connectivity index (χ1) is 12.1. The van der Waals surface area contributed by atoms with Crippen LogP contribution in [0.15, 0.2) is 24.3 Å². The summed E-state index contributed by atoms with van der Waals surface area (Å²) in [4.78, 5) is 12.2. The normalized spacial score (nSPS) is 17.7. The SMILES string of the molecule is CC(C(=O)NCC1CCCCC1)S(=O)(=O)Cc1ccccc1C(F)(F)F. The summed E-state index contributed by atoms with van der Waals surface area (Å²) in [6.07, 6.45) is 0.735. The molecule has 1 unspecified atom stereocenters. The van der Waals surface area contributed by atoms with Crippen LogP contribution in [0.5, 0.6) is 0 Å². The van der Waals surface area contributed by atoms with Crippen LogP contribution >= 0.6 is 0 Å². The molecule has 0 aliphatic heterocycles. The summed E-state index contributed by atoms with van der Waals surface area (Å²) < 4.78 is 64.0. The second-order valence-corrected chi connectivity index (χ2v) is 9.18. The lowest BCUT2D eigenvalue weighted by molar-refractivity contribution is -0.138. The van der Waals surface area contributed by atoms with E-state index >= 15 is 0 Å². The number of nitrogens with one attached hydrogen (secondary N) is 1. The Balaban J connectivity index is 2.03. The molecule has 0 spiro atoms. The van der Waals surface area contributed by atoms with Crippen molar-refractivity contribution in [2.45, 2.75) is 56.2 Å². The van der Waals surface area contributed by atoms with Gasteiger partial charge in [-0.15, -0.1) is 0 Å². The van der Waals surface area contributed by atoms with E-state index in [1.807, 2.05) is 0 Å². The van der Waals surface area contributed by atoms with Gasteiger partial charge >= 0.3 is 6.18 Å². The Morgan fingerprint density at radius 2 is 1.81 bits per heavy atom. The Morgan fingerprint density at radius 3 is 2.42 bits per heavy atom. The van der Waals surface area contributed by atoms with Crippen molar-refractivity contribution in [2.24, 2.45) is 5.92 Å². The maximum absolute atomic E-state index is 13.0. The summed E-state index contributed by atoms with van der Waals surface area (Å²) in [5.41, 5.74) is -1.33. The van der Waals surface area contributed by atoms with Gasteiger partial charge in [0.1, 0.15) is 5.25 Å². The van der Waals surface area contributed by atoms with Crippen LogP contribution in [-0.2, 0) is 26.6 Å². The number of halogens is 3. The van der Waals surface area contributed by atoms with Crippen LogP contribution in [0.25, 0.3) is 0 Å². The molecule has 1 aromatic carbocycles. The van der Waals surface area contributed by atoms with Crippen molar-refractivity contribution in [3.05, 3.63) is 35.4 Å². The van der Waals surface area contributed by atoms with Crippen molar-refractivity contribution in [2.75, 3.05) is 6.54 Å². The molecule has 146 valence electrons. The van der Waals surface area contributed by atoms with Crippen LogP contribution < -0.4 is 5.32 Å². The van der Waals surface area contributed by atoms with Crippen molar-refractivity contribution in [1.29, 1.82) is 0 Å². The van der Waals surface area contributed by atoms with E-state index in [2.05, 4.69) is 5.32 Å². The maximum Gasteiger partial charge on any atom is 0.416 e. The number of amides is 1. The number of carbonyl (C=O) groups is 1. The number of benzene rings is 1. The van der Waals surface area contributed by atoms with Crippen LogP contribution in [0.2, 0.25) is 0 Å². The number of hydrogen-bond acceptors (Lipinski definition) is 3. The summed E-state index contributed by atoms with van der Waals surface area (Å²) >= 11 is 0. The van der Waals surface area contributed by atoms with Gasteiger partial charge < -0.3 is 5.32 Å². The van der Waals surface area contributed by atoms with Gasteiger partial charge in [-0.05, 0) is 37.3 Å². The van der Waals surface area contributed by atoms with Gasteiger partial charge in [0.25, 0.3) is 0 Å². The average molecular weight is 391 g/mol. The summed E-state index contributed by atoms with van der Waals surface area (Å²) in [7, 11) is -4.06. The number of alkyl halides is 3. The van der Waals surface area contributed by atoms with E-state index in [0.29, 0.717) is 12.5 Å². The van der Waals surface area contributed by atoms with Crippen molar-refractivity contribution in [1.82, 2.24) is 5.32 Å². The molecule has 1 aromatic rings. The molecule has 2 rings (SSSR count). The van der Waals surface area contributed by atoms with E-state index in [-0.39, 0.29) is 5.56 Å². The molecular formula is C18H24F3NO3S. The highest BCUT2D eigenvalue weighted by Crippen LogP contribution is 2.33. The molecule has 1 saturated carbocycles. The van der Waals surface area contributed by atoms with Gasteiger partial charge in [-0.2, -0.15) is 13.2 Å². The smallest absolute Gasteiger partial charge is 0.355 e. The minimum atomic E-state index is -4.64. The Labute approximate surface area is 152 Å². The second-order valence-electron chi connectivity index (χ2n) is 6.85. The first-order valence-corrected chi connectivity index (χ1v) is 10.5. The Bertz CT molecular complexity index is 725. The van der Waals surface area contributed by atoms with Crippen LogP contribution in [0.4, 0.5) is 13.2 Å². The minimum absolute atomic E-state index is 0.341. The van der Waals surface area contributed by atoms with Crippen LogP contribution in [0.3, 0.4) is 0 Å². The van der Waals surface area contributed by atoms with Crippen LogP contribution in [0.1, 0.15) is 50.2 Å². The average Bonchev–Trinajstić information content (AvgIpc) is 2.59. The third kappa shape index (κ3) is 5.46. The van der Waals surface area contributed by atoms with Crippen LogP contribution in [0, 0.1) is 5.92 Å². The van der Waals surface area contributed by atoms with Gasteiger partial charge in [0.15, 0.2) is 9.84 Å². The first-order valence-electron chi connectivity index (χ1n) is 8.75. The molecule has 1 N–H and O–H groups in total. The molecule has 0 saturated heterocycles. The number of hydrogen-bond donors (Lipinski definition) is 1. The van der Waals surface area contributed by atoms with E-state index in [9.17, 15) is 26.4 Å². The maximum atomic E-state index is 13.0. The summed E-state index contributed by atoms with van der Waals surface area (Å²) in [6.45, 7) is 1.64. The first kappa shape index (κ1) is 20.7. The van der Waals surface area contributed by atoms with Crippen molar-refractivity contribution in [3.63, 3.8) is 0 Å². The van der Waals surface area contributed by atoms with Crippen molar-refractivity contribution < 1.29 is 26.4 Å². The topological polar surface area (TPSA) is 63.2 Å². The molecular weight excluding hydrogens is 367 g/mol. The summed E-state index contributed by atoms with van der Waals surface area (Å²) in [5.74, 6) is -1.13. The van der Waals surface area contributed by atoms with Gasteiger partial charge in [0.2, 0.25) is 5.91 Å². The zero-order valence-corrected chi connectivity index (χ0v) is 15.5. The van der Waals surface area contributed by atoms with Crippen LogP contribution in [-0.4, -0.2) is 26.1 Å². The fourth-order valence-electron chi connectivity index (χ4n) is 3.21. The molecule has 0 aromatic heterocycles. The standard InChI is InChI=1S/C18H24F3NO3S/c1-13(17(23)22-11-14-7-3-2-4-8-14)26(24,25)12-15-9-5-6-10-16(15)18(19,20)21/h5-6,9-10,13-14H,2-4,7-8,11-12H2,1H3,(H,22,23). The molecule has 0 heterocycles. The highest BCUT2D eigenvalue weighted by molar-refractivity contribution is 7.92. The van der Waals surface area contributed by atoms with E-state index in [1.54, 1.807) is 0 Å². The third-order valence-electron chi connectivity index (χ3n) is 4.88. The zero-order valence-electron chi connectivity index (χ0n) is 14.7.